The van der Waals surface area contributed by atoms with E-state index in [0.29, 0.717) is 0 Å². The van der Waals surface area contributed by atoms with Crippen molar-refractivity contribution < 1.29 is 91.6 Å². The van der Waals surface area contributed by atoms with Gasteiger partial charge >= 0.3 is 51.6 Å². The Labute approximate surface area is 156 Å². The third-order valence-electron chi connectivity index (χ3n) is 2.76. The molecule has 0 saturated heterocycles. The fourth-order valence-electron chi connectivity index (χ4n) is 1.20. The van der Waals surface area contributed by atoms with Gasteiger partial charge in [-0.2, -0.15) is 87.2 Å². The van der Waals surface area contributed by atoms with Crippen LogP contribution in [-0.2, 0) is 14.3 Å². The maximum absolute atomic E-state index is 13.1. The summed E-state index contributed by atoms with van der Waals surface area (Å²) >= 11 is 0. The van der Waals surface area contributed by atoms with Gasteiger partial charge in [0.1, 0.15) is 0 Å². The van der Waals surface area contributed by atoms with Crippen molar-refractivity contribution in [3.63, 3.8) is 0 Å². The number of allylic oxidation sites excluding steroid dienone is 1. The molecule has 3 nitrogen and oxygen atoms in total. The Morgan fingerprint density at radius 3 is 1.19 bits per heavy atom. The summed E-state index contributed by atoms with van der Waals surface area (Å²) in [6, 6.07) is 0. The van der Waals surface area contributed by atoms with Crippen molar-refractivity contribution in [3.05, 3.63) is 11.7 Å². The Balaban J connectivity index is 6.63. The highest BCUT2D eigenvalue weighted by atomic mass is 32.2. The zero-order valence-corrected chi connectivity index (χ0v) is 13.8. The van der Waals surface area contributed by atoms with E-state index < -0.39 is 63.3 Å². The van der Waals surface area contributed by atoms with Crippen molar-refractivity contribution in [1.82, 2.24) is 0 Å². The van der Waals surface area contributed by atoms with Gasteiger partial charge in [-0.15, -0.1) is 0 Å². The lowest BCUT2D eigenvalue weighted by Gasteiger charge is -2.36. The van der Waals surface area contributed by atoms with Crippen LogP contribution in [0.2, 0.25) is 0 Å². The Kier molecular flexibility index (Phi) is 7.08. The molecule has 0 aliphatic heterocycles. The molecule has 186 valence electrons. The van der Waals surface area contributed by atoms with Crippen molar-refractivity contribution in [2.24, 2.45) is 0 Å². The highest BCUT2D eigenvalue weighted by Crippen LogP contribution is 2.59. The van der Waals surface area contributed by atoms with Gasteiger partial charge in [0.15, 0.2) is 0 Å². The summed E-state index contributed by atoms with van der Waals surface area (Å²) in [6.45, 7) is 0. The Hall–Kier alpha value is -1.61. The summed E-state index contributed by atoms with van der Waals surface area (Å²) in [7, 11) is -7.73. The minimum absolute atomic E-state index is 1.63. The summed E-state index contributed by atoms with van der Waals surface area (Å²) in [4.78, 5) is 0. The van der Waals surface area contributed by atoms with E-state index in [4.69, 9.17) is 0 Å². The van der Waals surface area contributed by atoms with E-state index >= 15 is 0 Å². The first-order chi connectivity index (χ1) is 13.0. The van der Waals surface area contributed by atoms with E-state index in [9.17, 15) is 87.4 Å². The highest BCUT2D eigenvalue weighted by Gasteiger charge is 2.88. The van der Waals surface area contributed by atoms with E-state index in [0.717, 1.165) is 0 Å². The molecular weight excluding hydrogens is 530 g/mol. The SMILES string of the molecule is O=S(=O)(OC(F)(F)/C(F)=C(\F)C(F)(F)C(F)(F)C(F)(F)C(F)(F)C(F)(F)F)C(F)(F)F. The second-order valence-corrected chi connectivity index (χ2v) is 6.46. The van der Waals surface area contributed by atoms with Gasteiger partial charge in [0.05, 0.1) is 0 Å². The number of alkyl halides is 16. The van der Waals surface area contributed by atoms with Crippen molar-refractivity contribution >= 4 is 10.1 Å². The van der Waals surface area contributed by atoms with Crippen LogP contribution in [0, 0.1) is 0 Å². The molecule has 0 saturated carbocycles. The molecule has 0 amide bonds. The third-order valence-corrected chi connectivity index (χ3v) is 3.76. The van der Waals surface area contributed by atoms with Crippen LogP contribution in [0.15, 0.2) is 11.7 Å². The molecule has 0 aliphatic rings. The summed E-state index contributed by atoms with van der Waals surface area (Å²) in [6.07, 6.45) is -14.9. The number of hydrogen-bond acceptors (Lipinski definition) is 3. The topological polar surface area (TPSA) is 43.4 Å². The van der Waals surface area contributed by atoms with Crippen molar-refractivity contribution in [2.45, 2.75) is 41.5 Å². The normalized spacial score (nSPS) is 17.0. The second kappa shape index (κ2) is 7.47. The Bertz CT molecular complexity index is 815. The molecule has 0 spiro atoms. The lowest BCUT2D eigenvalue weighted by atomic mass is 9.97. The predicted molar refractivity (Wildman–Crippen MR) is 56.1 cm³/mol. The zero-order chi connectivity index (χ0) is 25.9. The Morgan fingerprint density at radius 2 is 0.903 bits per heavy atom. The van der Waals surface area contributed by atoms with Crippen molar-refractivity contribution in [2.75, 3.05) is 0 Å². The first kappa shape index (κ1) is 29.4. The molecule has 0 aromatic heterocycles. The number of rotatable bonds is 7. The minimum atomic E-state index is -8.40. The maximum Gasteiger partial charge on any atom is 0.523 e. The van der Waals surface area contributed by atoms with Crippen LogP contribution in [0.1, 0.15) is 0 Å². The maximum atomic E-state index is 13.1. The highest BCUT2D eigenvalue weighted by molar-refractivity contribution is 7.87. The molecular formula is C9F18O3S. The molecule has 0 N–H and O–H groups in total. The van der Waals surface area contributed by atoms with Crippen LogP contribution in [0.3, 0.4) is 0 Å². The van der Waals surface area contributed by atoms with E-state index in [1.807, 2.05) is 0 Å². The van der Waals surface area contributed by atoms with Gasteiger partial charge in [-0.25, -0.2) is 4.39 Å². The van der Waals surface area contributed by atoms with Gasteiger partial charge in [-0.1, -0.05) is 0 Å². The molecule has 0 bridgehead atoms. The van der Waals surface area contributed by atoms with E-state index in [-0.39, 0.29) is 0 Å². The molecule has 0 atom stereocenters. The van der Waals surface area contributed by atoms with Crippen molar-refractivity contribution in [1.29, 1.82) is 0 Å². The van der Waals surface area contributed by atoms with Crippen LogP contribution < -0.4 is 0 Å². The molecule has 0 radical (unpaired) electrons. The molecule has 0 fully saturated rings. The minimum Gasteiger partial charge on any atom is -0.202 e. The van der Waals surface area contributed by atoms with Gasteiger partial charge in [0.2, 0.25) is 11.7 Å². The second-order valence-electron chi connectivity index (χ2n) is 4.92. The predicted octanol–water partition coefficient (Wildman–Crippen LogP) is 5.70. The average molecular weight is 530 g/mol. The lowest BCUT2D eigenvalue weighted by Crippen LogP contribution is -2.66. The van der Waals surface area contributed by atoms with Gasteiger partial charge in [0, 0.05) is 0 Å². The van der Waals surface area contributed by atoms with E-state index in [1.165, 1.54) is 0 Å². The monoisotopic (exact) mass is 530 g/mol. The molecule has 0 aliphatic carbocycles. The van der Waals surface area contributed by atoms with E-state index in [2.05, 4.69) is 0 Å². The zero-order valence-electron chi connectivity index (χ0n) is 12.9. The van der Waals surface area contributed by atoms with Gasteiger partial charge in [0.25, 0.3) is 0 Å². The molecule has 22 heteroatoms. The molecule has 31 heavy (non-hydrogen) atoms. The summed E-state index contributed by atoms with van der Waals surface area (Å²) in [5.74, 6) is -43.5. The van der Waals surface area contributed by atoms with Gasteiger partial charge in [-0.05, 0) is 0 Å². The van der Waals surface area contributed by atoms with E-state index in [1.54, 1.807) is 4.18 Å². The molecule has 0 unspecified atom stereocenters. The largest absolute Gasteiger partial charge is 0.523 e. The van der Waals surface area contributed by atoms with Crippen LogP contribution >= 0.6 is 0 Å². The summed E-state index contributed by atoms with van der Waals surface area (Å²) in [5, 5.41) is 0. The summed E-state index contributed by atoms with van der Waals surface area (Å²) < 4.78 is 248. The third kappa shape index (κ3) is 4.62. The molecule has 0 aromatic rings. The van der Waals surface area contributed by atoms with Crippen molar-refractivity contribution in [3.8, 4) is 0 Å². The lowest BCUT2D eigenvalue weighted by molar-refractivity contribution is -0.419. The van der Waals surface area contributed by atoms with Crippen LogP contribution in [0.25, 0.3) is 0 Å². The fraction of sp³-hybridized carbons (Fsp3) is 0.778. The standard InChI is InChI=1S/C9F18O3S/c10-1(2(11)4(14,15)30-31(28,29)9(25,26)27)3(12,13)5(16,17)6(18,19)7(20,21)8(22,23)24/b2-1+. The quantitative estimate of drug-likeness (QED) is 0.241. The average Bonchev–Trinajstić information content (AvgIpc) is 2.49. The van der Waals surface area contributed by atoms with Crippen LogP contribution in [0.5, 0.6) is 0 Å². The number of hydrogen-bond donors (Lipinski definition) is 0. The van der Waals surface area contributed by atoms with Crippen LogP contribution in [0.4, 0.5) is 79.0 Å². The van der Waals surface area contributed by atoms with Crippen LogP contribution in [-0.4, -0.2) is 49.9 Å². The molecule has 0 heterocycles. The first-order valence-corrected chi connectivity index (χ1v) is 7.47. The molecule has 0 aromatic carbocycles. The summed E-state index contributed by atoms with van der Waals surface area (Å²) in [5.41, 5.74) is -6.92. The van der Waals surface area contributed by atoms with Gasteiger partial charge < -0.3 is 0 Å². The smallest absolute Gasteiger partial charge is 0.202 e. The molecule has 0 rings (SSSR count). The Morgan fingerprint density at radius 1 is 0.548 bits per heavy atom. The fourth-order valence-corrected chi connectivity index (χ4v) is 1.64. The van der Waals surface area contributed by atoms with Gasteiger partial charge in [-0.3, -0.25) is 0 Å². The number of halogens is 18. The first-order valence-electron chi connectivity index (χ1n) is 6.06.